The van der Waals surface area contributed by atoms with Crippen molar-refractivity contribution in [3.63, 3.8) is 0 Å². The first-order chi connectivity index (χ1) is 7.08. The number of carbonyl (C=O) groups excluding carboxylic acids is 1. The molecule has 1 aliphatic rings. The Bertz CT molecular complexity index is 410. The van der Waals surface area contributed by atoms with Crippen molar-refractivity contribution < 1.29 is 14.3 Å². The number of amides is 1. The number of benzene rings is 1. The molecular weight excluding hydrogens is 221 g/mol. The third-order valence-electron chi connectivity index (χ3n) is 2.31. The Labute approximate surface area is 91.1 Å². The Balaban J connectivity index is 2.34. The van der Waals surface area contributed by atoms with Crippen LogP contribution >= 0.6 is 11.6 Å². The topological polar surface area (TPSA) is 40.5 Å². The van der Waals surface area contributed by atoms with Gasteiger partial charge in [0.2, 0.25) is 5.91 Å². The molecule has 1 amide bonds. The molecule has 0 radical (unpaired) electrons. The van der Waals surface area contributed by atoms with Crippen LogP contribution < -0.4 is 4.90 Å². The van der Waals surface area contributed by atoms with E-state index in [2.05, 4.69) is 0 Å². The molecule has 1 fully saturated rings. The molecule has 2 rings (SSSR count). The van der Waals surface area contributed by atoms with Gasteiger partial charge in [0.15, 0.2) is 0 Å². The molecule has 0 bridgehead atoms. The fraction of sp³-hybridized carbons (Fsp3) is 0.300. The van der Waals surface area contributed by atoms with E-state index in [1.807, 2.05) is 0 Å². The minimum atomic E-state index is -0.537. The molecule has 1 aromatic rings. The van der Waals surface area contributed by atoms with Crippen molar-refractivity contribution in [2.45, 2.75) is 11.8 Å². The third kappa shape index (κ3) is 1.90. The van der Waals surface area contributed by atoms with Gasteiger partial charge in [-0.05, 0) is 12.1 Å². The molecule has 0 aliphatic carbocycles. The van der Waals surface area contributed by atoms with Crippen LogP contribution in [0.2, 0.25) is 0 Å². The molecule has 1 N–H and O–H groups in total. The lowest BCUT2D eigenvalue weighted by Crippen LogP contribution is -2.24. The Kier molecular flexibility index (Phi) is 2.52. The number of halogens is 2. The first-order valence-electron chi connectivity index (χ1n) is 4.51. The minimum Gasteiger partial charge on any atom is -0.506 e. The summed E-state index contributed by atoms with van der Waals surface area (Å²) in [5.41, 5.74) is 0.310. The molecule has 0 saturated carbocycles. The second-order valence-corrected chi connectivity index (χ2v) is 4.06. The number of anilines is 1. The summed E-state index contributed by atoms with van der Waals surface area (Å²) in [5.74, 6) is -0.934. The highest BCUT2D eigenvalue weighted by Crippen LogP contribution is 2.32. The summed E-state index contributed by atoms with van der Waals surface area (Å²) in [6.45, 7) is 0.347. The van der Waals surface area contributed by atoms with Crippen molar-refractivity contribution in [2.75, 3.05) is 11.4 Å². The summed E-state index contributed by atoms with van der Waals surface area (Å²) < 4.78 is 12.7. The molecule has 1 aromatic carbocycles. The minimum absolute atomic E-state index is 0.156. The average molecular weight is 230 g/mol. The average Bonchev–Trinajstić information content (AvgIpc) is 2.45. The fourth-order valence-corrected chi connectivity index (χ4v) is 1.89. The van der Waals surface area contributed by atoms with Crippen molar-refractivity contribution in [2.24, 2.45) is 0 Å². The highest BCUT2D eigenvalue weighted by Gasteiger charge is 2.30. The van der Waals surface area contributed by atoms with Gasteiger partial charge in [0.25, 0.3) is 0 Å². The SMILES string of the molecule is O=C1CC(Cl)CN1c1ccc(F)cc1O. The molecule has 1 heterocycles. The number of hydrogen-bond acceptors (Lipinski definition) is 2. The van der Waals surface area contributed by atoms with Gasteiger partial charge in [0, 0.05) is 19.0 Å². The number of nitrogens with zero attached hydrogens (tertiary/aromatic N) is 1. The van der Waals surface area contributed by atoms with Crippen LogP contribution in [0.1, 0.15) is 6.42 Å². The van der Waals surface area contributed by atoms with Gasteiger partial charge in [-0.2, -0.15) is 0 Å². The highest BCUT2D eigenvalue weighted by molar-refractivity contribution is 6.24. The molecule has 0 spiro atoms. The maximum absolute atomic E-state index is 12.7. The summed E-state index contributed by atoms with van der Waals surface area (Å²) in [6, 6.07) is 3.55. The number of phenolic OH excluding ortho intramolecular Hbond substituents is 1. The zero-order valence-corrected chi connectivity index (χ0v) is 8.54. The molecule has 15 heavy (non-hydrogen) atoms. The van der Waals surface area contributed by atoms with E-state index in [9.17, 15) is 14.3 Å². The van der Waals surface area contributed by atoms with Gasteiger partial charge in [0.05, 0.1) is 11.1 Å². The first-order valence-corrected chi connectivity index (χ1v) is 4.94. The lowest BCUT2D eigenvalue weighted by Gasteiger charge is -2.16. The van der Waals surface area contributed by atoms with E-state index in [4.69, 9.17) is 11.6 Å². The van der Waals surface area contributed by atoms with Crippen LogP contribution in [0.15, 0.2) is 18.2 Å². The zero-order chi connectivity index (χ0) is 11.0. The van der Waals surface area contributed by atoms with E-state index < -0.39 is 5.82 Å². The number of phenols is 1. The second kappa shape index (κ2) is 3.70. The predicted octanol–water partition coefficient (Wildman–Crippen LogP) is 1.88. The van der Waals surface area contributed by atoms with E-state index >= 15 is 0 Å². The number of hydrogen-bond donors (Lipinski definition) is 1. The maximum atomic E-state index is 12.7. The van der Waals surface area contributed by atoms with E-state index in [1.54, 1.807) is 0 Å². The van der Waals surface area contributed by atoms with Crippen LogP contribution in [0.4, 0.5) is 10.1 Å². The molecule has 1 unspecified atom stereocenters. The molecule has 5 heteroatoms. The van der Waals surface area contributed by atoms with Gasteiger partial charge in [-0.15, -0.1) is 11.6 Å². The van der Waals surface area contributed by atoms with E-state index in [1.165, 1.54) is 17.0 Å². The normalized spacial score (nSPS) is 21.1. The van der Waals surface area contributed by atoms with Gasteiger partial charge < -0.3 is 10.0 Å². The van der Waals surface area contributed by atoms with Gasteiger partial charge >= 0.3 is 0 Å². The molecular formula is C10H9ClFNO2. The lowest BCUT2D eigenvalue weighted by atomic mass is 10.2. The molecule has 3 nitrogen and oxygen atoms in total. The lowest BCUT2D eigenvalue weighted by molar-refractivity contribution is -0.117. The molecule has 1 aliphatic heterocycles. The van der Waals surface area contributed by atoms with E-state index in [0.717, 1.165) is 6.07 Å². The molecule has 80 valence electrons. The number of rotatable bonds is 1. The molecule has 0 aromatic heterocycles. The summed E-state index contributed by atoms with van der Waals surface area (Å²) in [4.78, 5) is 12.8. The molecule has 1 atom stereocenters. The Morgan fingerprint density at radius 3 is 2.80 bits per heavy atom. The van der Waals surface area contributed by atoms with E-state index in [0.29, 0.717) is 12.2 Å². The van der Waals surface area contributed by atoms with Crippen LogP contribution in [0.3, 0.4) is 0 Å². The number of alkyl halides is 1. The van der Waals surface area contributed by atoms with Crippen molar-refractivity contribution in [1.29, 1.82) is 0 Å². The summed E-state index contributed by atoms with van der Waals surface area (Å²) in [6.07, 6.45) is 0.248. The van der Waals surface area contributed by atoms with Gasteiger partial charge in [0.1, 0.15) is 11.6 Å². The third-order valence-corrected chi connectivity index (χ3v) is 2.60. The van der Waals surface area contributed by atoms with Gasteiger partial charge in [-0.25, -0.2) is 4.39 Å². The highest BCUT2D eigenvalue weighted by atomic mass is 35.5. The first kappa shape index (κ1) is 10.2. The van der Waals surface area contributed by atoms with Crippen LogP contribution in [-0.2, 0) is 4.79 Å². The van der Waals surface area contributed by atoms with Gasteiger partial charge in [-0.1, -0.05) is 0 Å². The van der Waals surface area contributed by atoms with Crippen molar-refractivity contribution >= 4 is 23.2 Å². The number of aromatic hydroxyl groups is 1. The standard InChI is InChI=1S/C10H9ClFNO2/c11-6-3-10(15)13(5-6)8-2-1-7(12)4-9(8)14/h1-2,4,6,14H,3,5H2. The Hall–Kier alpha value is -1.29. The van der Waals surface area contributed by atoms with Gasteiger partial charge in [-0.3, -0.25) is 4.79 Å². The maximum Gasteiger partial charge on any atom is 0.228 e. The largest absolute Gasteiger partial charge is 0.506 e. The monoisotopic (exact) mass is 229 g/mol. The van der Waals surface area contributed by atoms with Crippen molar-refractivity contribution in [1.82, 2.24) is 0 Å². The second-order valence-electron chi connectivity index (χ2n) is 3.44. The Morgan fingerprint density at radius 2 is 2.27 bits per heavy atom. The van der Waals surface area contributed by atoms with Crippen molar-refractivity contribution in [3.8, 4) is 5.75 Å². The quantitative estimate of drug-likeness (QED) is 0.747. The number of carbonyl (C=O) groups is 1. The Morgan fingerprint density at radius 1 is 1.53 bits per heavy atom. The van der Waals surface area contributed by atoms with Crippen LogP contribution in [-0.4, -0.2) is 22.9 Å². The van der Waals surface area contributed by atoms with E-state index in [-0.39, 0.29) is 23.5 Å². The van der Waals surface area contributed by atoms with Crippen molar-refractivity contribution in [3.05, 3.63) is 24.0 Å². The van der Waals surface area contributed by atoms with Crippen LogP contribution in [0.5, 0.6) is 5.75 Å². The summed E-state index contributed by atoms with van der Waals surface area (Å²) in [7, 11) is 0. The summed E-state index contributed by atoms with van der Waals surface area (Å²) >= 11 is 5.82. The van der Waals surface area contributed by atoms with Crippen LogP contribution in [0, 0.1) is 5.82 Å². The zero-order valence-electron chi connectivity index (χ0n) is 7.78. The fourth-order valence-electron chi connectivity index (χ4n) is 1.62. The smallest absolute Gasteiger partial charge is 0.228 e. The van der Waals surface area contributed by atoms with Crippen LogP contribution in [0.25, 0.3) is 0 Å². The molecule has 1 saturated heterocycles. The predicted molar refractivity (Wildman–Crippen MR) is 54.7 cm³/mol. The summed E-state index contributed by atoms with van der Waals surface area (Å²) in [5, 5.41) is 9.23.